The maximum absolute atomic E-state index is 13.0. The minimum absolute atomic E-state index is 0.162. The molecule has 0 bridgehead atoms. The molecule has 0 aliphatic heterocycles. The van der Waals surface area contributed by atoms with Crippen molar-refractivity contribution in [3.8, 4) is 0 Å². The third kappa shape index (κ3) is 3.05. The molecule has 1 heterocycles. The molecule has 0 saturated heterocycles. The Hall–Kier alpha value is -1.17. The highest BCUT2D eigenvalue weighted by Gasteiger charge is 2.39. The molecule has 0 amide bonds. The summed E-state index contributed by atoms with van der Waals surface area (Å²) < 4.78 is 27.6. The standard InChI is InChI=1S/C16H19NO2S2/c1-12-10-16(13(2)20-12)21(18,19)17(15-8-9-15)11-14-6-4-3-5-7-14/h3-7,10,15H,8-9,11H2,1-2H3. The van der Waals surface area contributed by atoms with E-state index in [-0.39, 0.29) is 6.04 Å². The molecule has 1 aliphatic carbocycles. The molecular weight excluding hydrogens is 302 g/mol. The van der Waals surface area contributed by atoms with E-state index in [1.165, 1.54) is 0 Å². The minimum atomic E-state index is -3.40. The fourth-order valence-corrected chi connectivity index (χ4v) is 5.72. The van der Waals surface area contributed by atoms with Gasteiger partial charge in [0, 0.05) is 22.3 Å². The SMILES string of the molecule is Cc1cc(S(=O)(=O)N(Cc2ccccc2)C2CC2)c(C)s1. The van der Waals surface area contributed by atoms with Crippen molar-refractivity contribution >= 4 is 21.4 Å². The van der Waals surface area contributed by atoms with Crippen molar-refractivity contribution in [3.05, 3.63) is 51.7 Å². The summed E-state index contributed by atoms with van der Waals surface area (Å²) in [4.78, 5) is 2.40. The quantitative estimate of drug-likeness (QED) is 0.841. The van der Waals surface area contributed by atoms with Gasteiger partial charge in [-0.3, -0.25) is 0 Å². The maximum Gasteiger partial charge on any atom is 0.244 e. The van der Waals surface area contributed by atoms with Crippen LogP contribution in [0.15, 0.2) is 41.3 Å². The molecule has 0 spiro atoms. The second-order valence-corrected chi connectivity index (χ2v) is 8.86. The van der Waals surface area contributed by atoms with Gasteiger partial charge in [-0.25, -0.2) is 8.42 Å². The Bertz CT molecular complexity index is 731. The zero-order valence-corrected chi connectivity index (χ0v) is 13.9. The Labute approximate surface area is 130 Å². The molecular formula is C16H19NO2S2. The van der Waals surface area contributed by atoms with Crippen LogP contribution in [0, 0.1) is 13.8 Å². The van der Waals surface area contributed by atoms with Crippen LogP contribution in [0.3, 0.4) is 0 Å². The fourth-order valence-electron chi connectivity index (χ4n) is 2.53. The number of thiophene rings is 1. The van der Waals surface area contributed by atoms with Gasteiger partial charge in [-0.1, -0.05) is 30.3 Å². The molecule has 112 valence electrons. The molecule has 3 nitrogen and oxygen atoms in total. The molecule has 21 heavy (non-hydrogen) atoms. The highest BCUT2D eigenvalue weighted by atomic mass is 32.2. The lowest BCUT2D eigenvalue weighted by Gasteiger charge is -2.22. The van der Waals surface area contributed by atoms with Gasteiger partial charge in [-0.2, -0.15) is 4.31 Å². The number of rotatable bonds is 5. The lowest BCUT2D eigenvalue weighted by atomic mass is 10.2. The predicted molar refractivity (Wildman–Crippen MR) is 86.0 cm³/mol. The van der Waals surface area contributed by atoms with E-state index >= 15 is 0 Å². The fraction of sp³-hybridized carbons (Fsp3) is 0.375. The Balaban J connectivity index is 1.95. The van der Waals surface area contributed by atoms with Gasteiger partial charge in [0.1, 0.15) is 0 Å². The molecule has 0 N–H and O–H groups in total. The Morgan fingerprint density at radius 3 is 2.38 bits per heavy atom. The monoisotopic (exact) mass is 321 g/mol. The molecule has 2 aromatic rings. The van der Waals surface area contributed by atoms with E-state index in [4.69, 9.17) is 0 Å². The third-order valence-corrected chi connectivity index (χ3v) is 6.84. The highest BCUT2D eigenvalue weighted by molar-refractivity contribution is 7.89. The van der Waals surface area contributed by atoms with Gasteiger partial charge in [0.2, 0.25) is 10.0 Å². The molecule has 5 heteroatoms. The van der Waals surface area contributed by atoms with Gasteiger partial charge in [0.05, 0.1) is 4.90 Å². The lowest BCUT2D eigenvalue weighted by molar-refractivity contribution is 0.398. The molecule has 0 atom stereocenters. The molecule has 0 unspecified atom stereocenters. The van der Waals surface area contributed by atoms with Gasteiger partial charge >= 0.3 is 0 Å². The number of sulfonamides is 1. The van der Waals surface area contributed by atoms with Gasteiger partial charge in [-0.15, -0.1) is 11.3 Å². The predicted octanol–water partition coefficient (Wildman–Crippen LogP) is 3.72. The van der Waals surface area contributed by atoms with Crippen molar-refractivity contribution in [2.45, 2.75) is 44.2 Å². The highest BCUT2D eigenvalue weighted by Crippen LogP contribution is 2.36. The van der Waals surface area contributed by atoms with Crippen molar-refractivity contribution < 1.29 is 8.42 Å². The second kappa shape index (κ2) is 5.55. The topological polar surface area (TPSA) is 37.4 Å². The average Bonchev–Trinajstić information content (AvgIpc) is 3.21. The van der Waals surface area contributed by atoms with Crippen LogP contribution in [0.1, 0.15) is 28.2 Å². The molecule has 1 aromatic heterocycles. The van der Waals surface area contributed by atoms with Crippen molar-refractivity contribution in [3.63, 3.8) is 0 Å². The molecule has 1 saturated carbocycles. The average molecular weight is 321 g/mol. The van der Waals surface area contributed by atoms with Crippen LogP contribution in [0.4, 0.5) is 0 Å². The number of benzene rings is 1. The zero-order chi connectivity index (χ0) is 15.0. The van der Waals surface area contributed by atoms with Crippen LogP contribution in [0.2, 0.25) is 0 Å². The normalized spacial score (nSPS) is 15.6. The van der Waals surface area contributed by atoms with Crippen LogP contribution >= 0.6 is 11.3 Å². The first kappa shape index (κ1) is 14.8. The molecule has 1 aromatic carbocycles. The van der Waals surface area contributed by atoms with Crippen molar-refractivity contribution in [1.82, 2.24) is 4.31 Å². The van der Waals surface area contributed by atoms with Crippen molar-refractivity contribution in [2.75, 3.05) is 0 Å². The summed E-state index contributed by atoms with van der Waals surface area (Å²) in [6, 6.07) is 11.8. The molecule has 0 radical (unpaired) electrons. The van der Waals surface area contributed by atoms with E-state index in [9.17, 15) is 8.42 Å². The Kier molecular flexibility index (Phi) is 3.90. The summed E-state index contributed by atoms with van der Waals surface area (Å²) in [5.41, 5.74) is 1.04. The summed E-state index contributed by atoms with van der Waals surface area (Å²) in [6.45, 7) is 4.30. The van der Waals surface area contributed by atoms with Crippen molar-refractivity contribution in [2.24, 2.45) is 0 Å². The maximum atomic E-state index is 13.0. The smallest absolute Gasteiger partial charge is 0.207 e. The molecule has 1 aliphatic rings. The van der Waals surface area contributed by atoms with Gasteiger partial charge in [0.15, 0.2) is 0 Å². The first-order chi connectivity index (χ1) is 9.98. The van der Waals surface area contributed by atoms with Gasteiger partial charge in [-0.05, 0) is 38.3 Å². The first-order valence-electron chi connectivity index (χ1n) is 7.11. The van der Waals surface area contributed by atoms with Crippen LogP contribution in [0.25, 0.3) is 0 Å². The number of nitrogens with zero attached hydrogens (tertiary/aromatic N) is 1. The van der Waals surface area contributed by atoms with E-state index in [1.54, 1.807) is 21.7 Å². The second-order valence-electron chi connectivity index (χ2n) is 5.54. The number of hydrogen-bond donors (Lipinski definition) is 0. The van der Waals surface area contributed by atoms with Crippen LogP contribution < -0.4 is 0 Å². The lowest BCUT2D eigenvalue weighted by Crippen LogP contribution is -2.32. The summed E-state index contributed by atoms with van der Waals surface area (Å²) in [7, 11) is -3.40. The van der Waals surface area contributed by atoms with E-state index in [0.717, 1.165) is 28.2 Å². The van der Waals surface area contributed by atoms with Crippen LogP contribution in [-0.2, 0) is 16.6 Å². The summed E-state index contributed by atoms with van der Waals surface area (Å²) >= 11 is 1.55. The molecule has 1 fully saturated rings. The van der Waals surface area contributed by atoms with E-state index in [1.807, 2.05) is 44.2 Å². The van der Waals surface area contributed by atoms with Crippen LogP contribution in [-0.4, -0.2) is 18.8 Å². The van der Waals surface area contributed by atoms with E-state index in [2.05, 4.69) is 0 Å². The number of aryl methyl sites for hydroxylation is 2. The first-order valence-corrected chi connectivity index (χ1v) is 9.37. The minimum Gasteiger partial charge on any atom is -0.207 e. The molecule has 3 rings (SSSR count). The largest absolute Gasteiger partial charge is 0.244 e. The van der Waals surface area contributed by atoms with Crippen molar-refractivity contribution in [1.29, 1.82) is 0 Å². The Morgan fingerprint density at radius 1 is 1.19 bits per heavy atom. The van der Waals surface area contributed by atoms with E-state index < -0.39 is 10.0 Å². The van der Waals surface area contributed by atoms with Gasteiger partial charge in [0.25, 0.3) is 0 Å². The summed E-state index contributed by atoms with van der Waals surface area (Å²) in [6.07, 6.45) is 1.93. The third-order valence-electron chi connectivity index (χ3n) is 3.72. The van der Waals surface area contributed by atoms with Crippen LogP contribution in [0.5, 0.6) is 0 Å². The van der Waals surface area contributed by atoms with E-state index in [0.29, 0.717) is 11.4 Å². The summed E-state index contributed by atoms with van der Waals surface area (Å²) in [5, 5.41) is 0. The Morgan fingerprint density at radius 2 is 1.86 bits per heavy atom. The van der Waals surface area contributed by atoms with Gasteiger partial charge < -0.3 is 0 Å². The zero-order valence-electron chi connectivity index (χ0n) is 12.2. The number of hydrogen-bond acceptors (Lipinski definition) is 3. The summed E-state index contributed by atoms with van der Waals surface area (Å²) in [5.74, 6) is 0.